The van der Waals surface area contributed by atoms with Gasteiger partial charge in [-0.15, -0.1) is 0 Å². The number of aliphatic carboxylic acids is 1. The Balaban J connectivity index is 0.00000142. The number of unbranched alkanes of at least 4 members (excludes halogenated alkanes) is 1. The summed E-state index contributed by atoms with van der Waals surface area (Å²) in [7, 11) is 1.46. The number of benzene rings is 1. The molecule has 0 heterocycles. The molecule has 0 radical (unpaired) electrons. The Labute approximate surface area is 442 Å². The highest BCUT2D eigenvalue weighted by molar-refractivity contribution is 7.99. The summed E-state index contributed by atoms with van der Waals surface area (Å²) in [6.45, 7) is 8.18. The molecule has 0 aliphatic rings. The van der Waals surface area contributed by atoms with Gasteiger partial charge in [0.25, 0.3) is 0 Å². The zero-order valence-electron chi connectivity index (χ0n) is 43.4. The van der Waals surface area contributed by atoms with E-state index >= 15 is 0 Å². The number of carboxylic acids is 1. The largest absolute Gasteiger partial charge is 0.481 e. The van der Waals surface area contributed by atoms with Crippen LogP contribution in [0.5, 0.6) is 0 Å². The summed E-state index contributed by atoms with van der Waals surface area (Å²) in [5, 5.41) is 33.5. The summed E-state index contributed by atoms with van der Waals surface area (Å²) in [4.78, 5) is 128. The first kappa shape index (κ1) is 67.6. The topological polar surface area (TPSA) is 364 Å². The molecule has 0 spiro atoms. The molecule has 7 amide bonds. The van der Waals surface area contributed by atoms with E-state index in [1.807, 2.05) is 43.5 Å². The van der Waals surface area contributed by atoms with E-state index in [1.54, 1.807) is 19.4 Å². The zero-order chi connectivity index (χ0) is 55.3. The maximum Gasteiger partial charge on any atom is 0.305 e. The number of aliphatic imine (C=N–C) groups is 1. The molecule has 1 aromatic rings. The summed E-state index contributed by atoms with van der Waals surface area (Å²) >= 11 is 4.08. The highest BCUT2D eigenvalue weighted by Crippen LogP contribution is 2.09. The minimum absolute atomic E-state index is 0.0827. The summed E-state index contributed by atoms with van der Waals surface area (Å²) in [5.74, 6) is -4.34. The van der Waals surface area contributed by atoms with Gasteiger partial charge in [0, 0.05) is 36.6 Å². The number of nitrogens with one attached hydrogen (secondary N) is 9. The molecule has 412 valence electrons. The third kappa shape index (κ3) is 31.0. The molecule has 1 rings (SSSR count). The Morgan fingerprint density at radius 1 is 0.616 bits per heavy atom. The minimum Gasteiger partial charge on any atom is -0.481 e. The third-order valence-electron chi connectivity index (χ3n) is 10.4. The fourth-order valence-corrected chi connectivity index (χ4v) is 8.28. The van der Waals surface area contributed by atoms with Gasteiger partial charge in [0.05, 0.1) is 25.0 Å². The van der Waals surface area contributed by atoms with Gasteiger partial charge in [-0.25, -0.2) is 0 Å². The summed E-state index contributed by atoms with van der Waals surface area (Å²) in [5.41, 5.74) is 11.5. The average molecular weight is 1090 g/mol. The second-order valence-electron chi connectivity index (χ2n) is 16.6. The van der Waals surface area contributed by atoms with E-state index < -0.39 is 90.1 Å². The van der Waals surface area contributed by atoms with E-state index in [0.717, 1.165) is 25.1 Å². The van der Waals surface area contributed by atoms with Crippen molar-refractivity contribution >= 4 is 100 Å². The van der Waals surface area contributed by atoms with Crippen molar-refractivity contribution < 1.29 is 53.1 Å². The molecule has 0 bridgehead atoms. The lowest BCUT2D eigenvalue weighted by molar-refractivity contribution is -0.140. The Morgan fingerprint density at radius 2 is 1.10 bits per heavy atom. The van der Waals surface area contributed by atoms with Gasteiger partial charge in [-0.1, -0.05) is 44.2 Å². The smallest absolute Gasteiger partial charge is 0.305 e. The average Bonchev–Trinajstić information content (AvgIpc) is 3.34. The van der Waals surface area contributed by atoms with Crippen LogP contribution in [0, 0.1) is 0 Å². The van der Waals surface area contributed by atoms with Crippen LogP contribution in [0.1, 0.15) is 78.2 Å². The maximum atomic E-state index is 13.1. The molecule has 7 atom stereocenters. The van der Waals surface area contributed by atoms with Gasteiger partial charge in [0.1, 0.15) is 36.0 Å². The molecular weight excluding hydrogens is 1000 g/mol. The van der Waals surface area contributed by atoms with E-state index in [9.17, 15) is 47.9 Å². The third-order valence-corrected chi connectivity index (χ3v) is 12.4. The van der Waals surface area contributed by atoms with Crippen molar-refractivity contribution in [2.45, 2.75) is 121 Å². The molecule has 0 unspecified atom stereocenters. The zero-order valence-corrected chi connectivity index (χ0v) is 45.8. The van der Waals surface area contributed by atoms with E-state index in [2.05, 4.69) is 52.8 Å². The highest BCUT2D eigenvalue weighted by Gasteiger charge is 2.32. The predicted molar refractivity (Wildman–Crippen MR) is 289 cm³/mol. The van der Waals surface area contributed by atoms with Gasteiger partial charge < -0.3 is 64.4 Å². The second kappa shape index (κ2) is 40.0. The molecular formula is C47H80N12O11S3. The van der Waals surface area contributed by atoms with Crippen molar-refractivity contribution in [3.63, 3.8) is 0 Å². The number of nitrogens with two attached hydrogens (primary N) is 2. The summed E-state index contributed by atoms with van der Waals surface area (Å²) < 4.78 is 0. The molecule has 0 saturated carbocycles. The van der Waals surface area contributed by atoms with Crippen LogP contribution in [0.2, 0.25) is 0 Å². The van der Waals surface area contributed by atoms with E-state index in [0.29, 0.717) is 25.0 Å². The Morgan fingerprint density at radius 3 is 1.59 bits per heavy atom. The van der Waals surface area contributed by atoms with Crippen LogP contribution in [-0.2, 0) is 54.4 Å². The van der Waals surface area contributed by atoms with Crippen LogP contribution in [0.4, 0.5) is 0 Å². The molecule has 0 fully saturated rings. The van der Waals surface area contributed by atoms with Gasteiger partial charge in [0.15, 0.2) is 11.7 Å². The predicted octanol–water partition coefficient (Wildman–Crippen LogP) is -1.19. The number of ketones is 2. The standard InChI is InChI=1S/C24H46N8O5S.C23H34N4O6S2/c1-5-20(34)30-18(10-7-8-12-27-6-2)22(36)32-19(15-38-4)23(37)31-17(11-9-13-28-24(25)26)21(35)29-14-16(3)33;1-14(28)18(12-34-3)26-22(32)17(10-15-8-6-5-7-9-15)25-23(33)19(13-35-4)27-21(31)16(24-2)11-20(29)30/h17-19,27H,5-15H2,1-4H3,(H,29,35)(H,30,34)(H,31,37)(H,32,36)(H4,25,26,28);5-9,16-19,24H,10-13H2,1-4H3,(H,25,33)(H,26,32)(H,27,31)(H,29,30)/t17-,18-,19-;16-,17-,18-,19-/m00/s1. The van der Waals surface area contributed by atoms with Crippen molar-refractivity contribution in [3.8, 4) is 0 Å². The first-order valence-corrected chi connectivity index (χ1v) is 28.1. The monoisotopic (exact) mass is 1080 g/mol. The molecule has 0 aliphatic carbocycles. The number of nitrogens with zero attached hydrogens (tertiary/aromatic N) is 1. The lowest BCUT2D eigenvalue weighted by Crippen LogP contribution is -2.58. The lowest BCUT2D eigenvalue weighted by atomic mass is 10.0. The van der Waals surface area contributed by atoms with Gasteiger partial charge in [-0.2, -0.15) is 35.3 Å². The van der Waals surface area contributed by atoms with Crippen molar-refractivity contribution in [1.29, 1.82) is 0 Å². The lowest BCUT2D eigenvalue weighted by Gasteiger charge is -2.25. The van der Waals surface area contributed by atoms with Crippen LogP contribution in [0.3, 0.4) is 0 Å². The van der Waals surface area contributed by atoms with E-state index in [1.165, 1.54) is 56.2 Å². The van der Waals surface area contributed by atoms with Crippen molar-refractivity contribution in [2.75, 3.05) is 69.3 Å². The molecule has 73 heavy (non-hydrogen) atoms. The van der Waals surface area contributed by atoms with Gasteiger partial charge in [0.2, 0.25) is 41.4 Å². The second-order valence-corrected chi connectivity index (χ2v) is 19.3. The number of carbonyl (C=O) groups is 10. The maximum absolute atomic E-state index is 13.1. The molecule has 26 heteroatoms. The number of guanidine groups is 1. The molecule has 0 aliphatic heterocycles. The van der Waals surface area contributed by atoms with Crippen LogP contribution in [-0.4, -0.2) is 181 Å². The van der Waals surface area contributed by atoms with E-state index in [4.69, 9.17) is 16.6 Å². The molecule has 23 nitrogen and oxygen atoms in total. The van der Waals surface area contributed by atoms with Gasteiger partial charge >= 0.3 is 5.97 Å². The number of carbonyl (C=O) groups excluding carboxylic acids is 9. The number of amides is 7. The normalized spacial score (nSPS) is 13.5. The minimum atomic E-state index is -1.16. The molecule has 0 saturated heterocycles. The van der Waals surface area contributed by atoms with E-state index in [-0.39, 0.29) is 67.3 Å². The number of Topliss-reactive ketones (excluding diaryl/α,β-unsaturated/α-hetero) is 2. The molecule has 0 aromatic heterocycles. The Kier molecular flexibility index (Phi) is 37.0. The van der Waals surface area contributed by atoms with Gasteiger partial charge in [-0.05, 0) is 90.4 Å². The number of hydrogen-bond donors (Lipinski definition) is 12. The summed E-state index contributed by atoms with van der Waals surface area (Å²) in [6.07, 6.45) is 7.92. The number of carboxylic acid groups (broad SMARTS) is 1. The van der Waals surface area contributed by atoms with Gasteiger partial charge in [-0.3, -0.25) is 52.9 Å². The van der Waals surface area contributed by atoms with Crippen LogP contribution in [0.25, 0.3) is 0 Å². The van der Waals surface area contributed by atoms with Crippen molar-refractivity contribution in [1.82, 2.24) is 47.9 Å². The van der Waals surface area contributed by atoms with Crippen molar-refractivity contribution in [3.05, 3.63) is 35.9 Å². The number of thioether (sulfide) groups is 3. The molecule has 1 aromatic carbocycles. The Hall–Kier alpha value is -5.44. The fourth-order valence-electron chi connectivity index (χ4n) is 6.50. The molecule has 14 N–H and O–H groups in total. The van der Waals surface area contributed by atoms with Crippen LogP contribution >= 0.6 is 35.3 Å². The highest BCUT2D eigenvalue weighted by atomic mass is 32.2. The van der Waals surface area contributed by atoms with Crippen LogP contribution < -0.4 is 59.3 Å². The first-order valence-electron chi connectivity index (χ1n) is 23.9. The quantitative estimate of drug-likeness (QED) is 0.0212. The summed E-state index contributed by atoms with van der Waals surface area (Å²) in [6, 6.07) is 2.72. The first-order chi connectivity index (χ1) is 34.7. The number of hydrogen-bond acceptors (Lipinski definition) is 16. The van der Waals surface area contributed by atoms with Crippen LogP contribution in [0.15, 0.2) is 35.3 Å². The Bertz CT molecular complexity index is 1930. The SMILES string of the molecule is CCNCCCC[C@H](NC(=O)CC)C(=O)N[C@@H](CSC)C(=O)N[C@@H](CCCN=C(N)N)C(=O)NCC(C)=O.CN[C@@H](CC(=O)O)C(=O)N[C@@H](CSC)C(=O)N[C@@H](Cc1ccccc1)C(=O)N[C@@H](CSC)C(C)=O. The number of rotatable bonds is 37. The number of likely N-dealkylation sites (N-methyl/N-ethyl adjacent to an activating group) is 1. The van der Waals surface area contributed by atoms with Crippen molar-refractivity contribution in [2.24, 2.45) is 16.5 Å². The fraction of sp³-hybridized carbons (Fsp3) is 0.638.